The molecule has 0 radical (unpaired) electrons. The van der Waals surface area contributed by atoms with Crippen molar-refractivity contribution in [1.82, 2.24) is 25.4 Å². The van der Waals surface area contributed by atoms with E-state index in [1.807, 2.05) is 0 Å². The molecule has 0 bridgehead atoms. The Bertz CT molecular complexity index is 1480. The fourth-order valence-corrected chi connectivity index (χ4v) is 4.42. The molecule has 42 heavy (non-hydrogen) atoms. The summed E-state index contributed by atoms with van der Waals surface area (Å²) in [5.41, 5.74) is -1.40. The number of carboxylic acid groups (broad SMARTS) is 1. The van der Waals surface area contributed by atoms with Crippen LogP contribution in [0.3, 0.4) is 0 Å². The fourth-order valence-electron chi connectivity index (χ4n) is 4.42. The highest BCUT2D eigenvalue weighted by molar-refractivity contribution is 6.47. The number of hydrogen-bond acceptors (Lipinski definition) is 10. The van der Waals surface area contributed by atoms with Crippen molar-refractivity contribution < 1.29 is 57.1 Å². The second kappa shape index (κ2) is 12.2. The molecule has 3 heterocycles. The number of benzene rings is 1. The molecule has 18 heteroatoms. The molecule has 2 aliphatic rings. The Balaban J connectivity index is 1.61. The molecule has 15 nitrogen and oxygen atoms in total. The molecule has 2 aromatic rings. The number of aromatic nitrogens is 1. The minimum Gasteiger partial charge on any atom is -0.534 e. The third-order valence-electron chi connectivity index (χ3n) is 6.52. The zero-order valence-corrected chi connectivity index (χ0v) is 21.7. The lowest BCUT2D eigenvalue weighted by molar-refractivity contribution is -0.153. The standard InChI is InChI=1S/C24H22BF2N5O10/c1-2-31-5-6-32(22(36)21(31)35)24(39)30-18(17-14(27)8-12(9-28-17)41-10-33)20(34)29-15-7-11-3-4-13(26)16(23(37)38)19(11)42-25(15)40/h3-4,8-10,15,18,40H,2,5-7H2,1H3,(H,29,34)(H,30,39)(H,37,38)/t15-,18?/m0/s1. The first-order valence-corrected chi connectivity index (χ1v) is 12.3. The SMILES string of the molecule is CCN1CCN(C(=O)NC(C(=O)N[C@H]2Cc3ccc(F)c(C(=O)O)c3OB2O)c2ncc(OC=O)cc2F)C(=O)C1=O. The zero-order valence-electron chi connectivity index (χ0n) is 21.7. The summed E-state index contributed by atoms with van der Waals surface area (Å²) >= 11 is 0. The van der Waals surface area contributed by atoms with Gasteiger partial charge in [-0.05, 0) is 25.0 Å². The molecule has 4 rings (SSSR count). The van der Waals surface area contributed by atoms with Gasteiger partial charge in [0.2, 0.25) is 5.91 Å². The molecule has 1 aromatic heterocycles. The number of ether oxygens (including phenoxy) is 1. The van der Waals surface area contributed by atoms with Gasteiger partial charge in [0.15, 0.2) is 17.6 Å². The molecule has 0 spiro atoms. The maximum absolute atomic E-state index is 15.0. The van der Waals surface area contributed by atoms with Crippen molar-refractivity contribution in [2.45, 2.75) is 25.3 Å². The van der Waals surface area contributed by atoms with Crippen molar-refractivity contribution in [3.63, 3.8) is 0 Å². The average molecular weight is 589 g/mol. The number of hydrogen-bond donors (Lipinski definition) is 4. The number of halogens is 2. The van der Waals surface area contributed by atoms with Crippen LogP contribution in [0.4, 0.5) is 13.6 Å². The molecule has 1 unspecified atom stereocenters. The quantitative estimate of drug-likeness (QED) is 0.170. The molecular formula is C24H22BF2N5O10. The summed E-state index contributed by atoms with van der Waals surface area (Å²) in [7, 11) is -1.90. The summed E-state index contributed by atoms with van der Waals surface area (Å²) in [6.07, 6.45) is 0.613. The monoisotopic (exact) mass is 589 g/mol. The number of nitrogens with one attached hydrogen (secondary N) is 2. The lowest BCUT2D eigenvalue weighted by Gasteiger charge is -2.33. The van der Waals surface area contributed by atoms with Crippen LogP contribution in [0, 0.1) is 11.6 Å². The van der Waals surface area contributed by atoms with Crippen LogP contribution >= 0.6 is 0 Å². The van der Waals surface area contributed by atoms with Gasteiger partial charge in [0.1, 0.15) is 22.8 Å². The van der Waals surface area contributed by atoms with E-state index >= 15 is 4.39 Å². The highest BCUT2D eigenvalue weighted by atomic mass is 19.1. The maximum atomic E-state index is 15.0. The number of likely N-dealkylation sites (N-methyl/N-ethyl adjacent to an activating group) is 1. The predicted molar refractivity (Wildman–Crippen MR) is 134 cm³/mol. The van der Waals surface area contributed by atoms with E-state index in [0.29, 0.717) is 11.0 Å². The van der Waals surface area contributed by atoms with E-state index in [4.69, 9.17) is 4.65 Å². The van der Waals surface area contributed by atoms with Gasteiger partial charge in [-0.3, -0.25) is 29.1 Å². The first-order valence-electron chi connectivity index (χ1n) is 12.3. The fraction of sp³-hybridized carbons (Fsp3) is 0.292. The van der Waals surface area contributed by atoms with Crippen LogP contribution in [-0.2, 0) is 25.6 Å². The van der Waals surface area contributed by atoms with E-state index in [1.165, 1.54) is 11.0 Å². The Morgan fingerprint density at radius 3 is 2.62 bits per heavy atom. The van der Waals surface area contributed by atoms with Crippen molar-refractivity contribution in [3.8, 4) is 11.5 Å². The smallest absolute Gasteiger partial charge is 0.534 e. The molecule has 0 aliphatic carbocycles. The first kappa shape index (κ1) is 29.8. The number of urea groups is 1. The van der Waals surface area contributed by atoms with Crippen LogP contribution in [-0.4, -0.2) is 93.8 Å². The average Bonchev–Trinajstić information content (AvgIpc) is 2.94. The number of nitrogens with zero attached hydrogens (tertiary/aromatic N) is 3. The van der Waals surface area contributed by atoms with Gasteiger partial charge < -0.3 is 35.1 Å². The summed E-state index contributed by atoms with van der Waals surface area (Å²) in [6.45, 7) is 1.64. The summed E-state index contributed by atoms with van der Waals surface area (Å²) in [5.74, 6) is -9.38. The van der Waals surface area contributed by atoms with Gasteiger partial charge >= 0.3 is 30.9 Å². The topological polar surface area (TPSA) is 205 Å². The highest BCUT2D eigenvalue weighted by Crippen LogP contribution is 2.32. The Labute approximate surface area is 235 Å². The molecule has 4 N–H and O–H groups in total. The number of pyridine rings is 1. The highest BCUT2D eigenvalue weighted by Gasteiger charge is 2.42. The number of rotatable bonds is 8. The molecule has 2 aliphatic heterocycles. The molecule has 220 valence electrons. The largest absolute Gasteiger partial charge is 0.547 e. The number of imide groups is 1. The van der Waals surface area contributed by atoms with E-state index in [2.05, 4.69) is 20.4 Å². The van der Waals surface area contributed by atoms with E-state index < -0.39 is 77.5 Å². The van der Waals surface area contributed by atoms with Gasteiger partial charge in [-0.2, -0.15) is 0 Å². The van der Waals surface area contributed by atoms with E-state index in [1.54, 1.807) is 6.92 Å². The molecule has 1 aromatic carbocycles. The van der Waals surface area contributed by atoms with E-state index in [-0.39, 0.29) is 43.8 Å². The number of carbonyl (C=O) groups is 6. The summed E-state index contributed by atoms with van der Waals surface area (Å²) in [5, 5.41) is 24.3. The normalized spacial score (nSPS) is 17.1. The predicted octanol–water partition coefficient (Wildman–Crippen LogP) is -0.826. The lowest BCUT2D eigenvalue weighted by Crippen LogP contribution is -2.60. The van der Waals surface area contributed by atoms with Crippen molar-refractivity contribution in [1.29, 1.82) is 0 Å². The molecule has 1 saturated heterocycles. The number of carbonyl (C=O) groups excluding carboxylic acids is 5. The van der Waals surface area contributed by atoms with E-state index in [0.717, 1.165) is 12.3 Å². The number of aromatic carboxylic acids is 1. The Kier molecular flexibility index (Phi) is 8.65. The van der Waals surface area contributed by atoms with Crippen LogP contribution < -0.4 is 20.0 Å². The van der Waals surface area contributed by atoms with Crippen LogP contribution in [0.15, 0.2) is 24.4 Å². The molecular weight excluding hydrogens is 567 g/mol. The Morgan fingerprint density at radius 2 is 1.98 bits per heavy atom. The number of piperazine rings is 1. The van der Waals surface area contributed by atoms with E-state index in [9.17, 15) is 43.3 Å². The van der Waals surface area contributed by atoms with Crippen LogP contribution in [0.1, 0.15) is 34.6 Å². The Morgan fingerprint density at radius 1 is 1.24 bits per heavy atom. The molecule has 2 atom stereocenters. The number of amides is 5. The van der Waals surface area contributed by atoms with Gasteiger partial charge in [-0.15, -0.1) is 0 Å². The molecule has 1 fully saturated rings. The van der Waals surface area contributed by atoms with Crippen LogP contribution in [0.25, 0.3) is 0 Å². The second-order valence-electron chi connectivity index (χ2n) is 9.02. The van der Waals surface area contributed by atoms with Crippen LogP contribution in [0.5, 0.6) is 11.5 Å². The Hall–Kier alpha value is -5.13. The second-order valence-corrected chi connectivity index (χ2v) is 9.02. The summed E-state index contributed by atoms with van der Waals surface area (Å²) in [4.78, 5) is 78.8. The third kappa shape index (κ3) is 5.83. The van der Waals surface area contributed by atoms with Gasteiger partial charge in [-0.25, -0.2) is 18.4 Å². The van der Waals surface area contributed by atoms with Gasteiger partial charge in [0, 0.05) is 25.7 Å². The lowest BCUT2D eigenvalue weighted by atomic mass is 9.72. The van der Waals surface area contributed by atoms with Crippen molar-refractivity contribution in [3.05, 3.63) is 52.9 Å². The third-order valence-corrected chi connectivity index (χ3v) is 6.52. The minimum absolute atomic E-state index is 0.00457. The first-order chi connectivity index (χ1) is 20.0. The molecule has 0 saturated carbocycles. The maximum Gasteiger partial charge on any atom is 0.547 e. The van der Waals surface area contributed by atoms with Gasteiger partial charge in [0.05, 0.1) is 12.1 Å². The van der Waals surface area contributed by atoms with Gasteiger partial charge in [0.25, 0.3) is 6.47 Å². The number of fused-ring (bicyclic) bond motifs is 1. The van der Waals surface area contributed by atoms with Gasteiger partial charge in [-0.1, -0.05) is 6.07 Å². The summed E-state index contributed by atoms with van der Waals surface area (Å²) < 4.78 is 38.8. The zero-order chi connectivity index (χ0) is 30.7. The van der Waals surface area contributed by atoms with Crippen molar-refractivity contribution in [2.75, 3.05) is 19.6 Å². The minimum atomic E-state index is -1.97. The van der Waals surface area contributed by atoms with Crippen LogP contribution in [0.2, 0.25) is 0 Å². The van der Waals surface area contributed by atoms with Crippen molar-refractivity contribution in [2.24, 2.45) is 0 Å². The summed E-state index contributed by atoms with van der Waals surface area (Å²) in [6, 6.07) is -0.441. The molecule has 5 amide bonds. The number of carboxylic acids is 1. The van der Waals surface area contributed by atoms with Crippen molar-refractivity contribution >= 4 is 43.3 Å².